The molecule has 0 saturated heterocycles. The molecule has 0 unspecified atom stereocenters. The number of nitrogens with zero attached hydrogens (tertiary/aromatic N) is 4. The maximum absolute atomic E-state index is 13.6. The zero-order valence-electron chi connectivity index (χ0n) is 17.5. The van der Waals surface area contributed by atoms with E-state index in [1.165, 1.54) is 24.6 Å². The fourth-order valence-electron chi connectivity index (χ4n) is 3.48. The fourth-order valence-corrected chi connectivity index (χ4v) is 3.48. The van der Waals surface area contributed by atoms with Gasteiger partial charge in [0.1, 0.15) is 17.9 Å². The number of imidazole rings is 1. The predicted molar refractivity (Wildman–Crippen MR) is 119 cm³/mol. The summed E-state index contributed by atoms with van der Waals surface area (Å²) < 4.78 is 19.0. The number of para-hydroxylation sites is 1. The lowest BCUT2D eigenvalue weighted by Gasteiger charge is -2.03. The molecule has 1 aromatic carbocycles. The van der Waals surface area contributed by atoms with Crippen molar-refractivity contribution in [3.05, 3.63) is 84.0 Å². The van der Waals surface area contributed by atoms with E-state index >= 15 is 0 Å². The maximum Gasteiger partial charge on any atom is 0.273 e. The third-order valence-corrected chi connectivity index (χ3v) is 5.12. The van der Waals surface area contributed by atoms with E-state index in [0.717, 1.165) is 27.8 Å². The van der Waals surface area contributed by atoms with Crippen LogP contribution < -0.4 is 10.6 Å². The minimum atomic E-state index is -0.474. The van der Waals surface area contributed by atoms with Crippen molar-refractivity contribution in [3.8, 4) is 0 Å². The van der Waals surface area contributed by atoms with Crippen molar-refractivity contribution in [3.63, 3.8) is 0 Å². The largest absolute Gasteiger partial charge is 0.448 e. The van der Waals surface area contributed by atoms with Crippen LogP contribution in [0.2, 0.25) is 0 Å². The van der Waals surface area contributed by atoms with Crippen LogP contribution in [0.1, 0.15) is 27.9 Å². The summed E-state index contributed by atoms with van der Waals surface area (Å²) in [5, 5.41) is 6.88. The fraction of sp³-hybridized carbons (Fsp3) is 0.174. The van der Waals surface area contributed by atoms with Crippen LogP contribution in [0, 0.1) is 5.82 Å². The van der Waals surface area contributed by atoms with E-state index in [9.17, 15) is 9.18 Å². The van der Waals surface area contributed by atoms with Gasteiger partial charge in [0, 0.05) is 24.5 Å². The topological polar surface area (TPSA) is 122 Å². The number of H-pyrrole nitrogens is 1. The van der Waals surface area contributed by atoms with Crippen LogP contribution >= 0.6 is 0 Å². The SMILES string of the molecule is O=C(NCc1ncccc1F)c1coc(CCNCc2nc3c(cnc4ccccc43)[nH]2)n1. The molecule has 9 nitrogen and oxygen atoms in total. The van der Waals surface area contributed by atoms with E-state index in [1.807, 2.05) is 24.3 Å². The Bertz CT molecular complexity index is 1430. The lowest BCUT2D eigenvalue weighted by molar-refractivity contribution is 0.0945. The molecule has 10 heteroatoms. The Balaban J connectivity index is 1.13. The number of halogens is 1. The maximum atomic E-state index is 13.6. The van der Waals surface area contributed by atoms with Crippen molar-refractivity contribution < 1.29 is 13.6 Å². The first-order valence-corrected chi connectivity index (χ1v) is 10.4. The van der Waals surface area contributed by atoms with Gasteiger partial charge < -0.3 is 20.0 Å². The summed E-state index contributed by atoms with van der Waals surface area (Å²) in [6, 6.07) is 10.7. The van der Waals surface area contributed by atoms with Crippen molar-refractivity contribution in [2.75, 3.05) is 6.54 Å². The zero-order valence-corrected chi connectivity index (χ0v) is 17.5. The van der Waals surface area contributed by atoms with Gasteiger partial charge in [0.25, 0.3) is 5.91 Å². The van der Waals surface area contributed by atoms with Crippen LogP contribution in [-0.2, 0) is 19.5 Å². The number of aromatic nitrogens is 5. The number of oxazole rings is 1. The molecule has 0 aliphatic heterocycles. The third-order valence-electron chi connectivity index (χ3n) is 5.12. The average molecular weight is 445 g/mol. The minimum Gasteiger partial charge on any atom is -0.448 e. The number of aromatic amines is 1. The normalized spacial score (nSPS) is 11.3. The summed E-state index contributed by atoms with van der Waals surface area (Å²) in [5.74, 6) is 0.304. The second-order valence-electron chi connectivity index (χ2n) is 7.39. The molecular weight excluding hydrogens is 425 g/mol. The lowest BCUT2D eigenvalue weighted by Crippen LogP contribution is -2.24. The van der Waals surface area contributed by atoms with Gasteiger partial charge in [-0.25, -0.2) is 14.4 Å². The summed E-state index contributed by atoms with van der Waals surface area (Å²) in [4.78, 5) is 32.7. The number of nitrogens with one attached hydrogen (secondary N) is 3. The zero-order chi connectivity index (χ0) is 22.6. The van der Waals surface area contributed by atoms with Gasteiger partial charge in [0.2, 0.25) is 0 Å². The number of amides is 1. The highest BCUT2D eigenvalue weighted by Gasteiger charge is 2.13. The molecule has 0 bridgehead atoms. The van der Waals surface area contributed by atoms with Gasteiger partial charge in [-0.05, 0) is 18.2 Å². The molecule has 33 heavy (non-hydrogen) atoms. The van der Waals surface area contributed by atoms with E-state index < -0.39 is 11.7 Å². The van der Waals surface area contributed by atoms with Crippen molar-refractivity contribution >= 4 is 27.8 Å². The van der Waals surface area contributed by atoms with Crippen LogP contribution in [-0.4, -0.2) is 37.4 Å². The Labute approximate surface area is 187 Å². The highest BCUT2D eigenvalue weighted by atomic mass is 19.1. The van der Waals surface area contributed by atoms with E-state index in [4.69, 9.17) is 4.42 Å². The molecule has 0 saturated carbocycles. The summed E-state index contributed by atoms with van der Waals surface area (Å²) in [6.45, 7) is 1.08. The van der Waals surface area contributed by atoms with Crippen LogP contribution in [0.5, 0.6) is 0 Å². The first-order valence-electron chi connectivity index (χ1n) is 10.4. The Hall–Kier alpha value is -4.18. The molecule has 0 radical (unpaired) electrons. The van der Waals surface area contributed by atoms with Crippen molar-refractivity contribution in [2.24, 2.45) is 0 Å². The molecule has 0 aliphatic rings. The summed E-state index contributed by atoms with van der Waals surface area (Å²) in [5.41, 5.74) is 2.99. The second kappa shape index (κ2) is 9.13. The number of hydrogen-bond donors (Lipinski definition) is 3. The van der Waals surface area contributed by atoms with E-state index in [0.29, 0.717) is 25.4 Å². The molecule has 0 spiro atoms. The highest BCUT2D eigenvalue weighted by molar-refractivity contribution is 6.01. The van der Waals surface area contributed by atoms with Crippen LogP contribution in [0.25, 0.3) is 21.9 Å². The van der Waals surface area contributed by atoms with Gasteiger partial charge in [0.15, 0.2) is 11.6 Å². The number of fused-ring (bicyclic) bond motifs is 3. The molecule has 1 amide bonds. The predicted octanol–water partition coefficient (Wildman–Crippen LogP) is 2.90. The Morgan fingerprint density at radius 2 is 2.00 bits per heavy atom. The van der Waals surface area contributed by atoms with Gasteiger partial charge in [-0.3, -0.25) is 14.8 Å². The second-order valence-corrected chi connectivity index (χ2v) is 7.39. The molecular formula is C23H20FN7O2. The number of carbonyl (C=O) groups is 1. The van der Waals surface area contributed by atoms with E-state index in [2.05, 4.69) is 35.6 Å². The Morgan fingerprint density at radius 3 is 2.91 bits per heavy atom. The lowest BCUT2D eigenvalue weighted by atomic mass is 10.2. The van der Waals surface area contributed by atoms with E-state index in [1.54, 1.807) is 6.20 Å². The van der Waals surface area contributed by atoms with Crippen molar-refractivity contribution in [2.45, 2.75) is 19.5 Å². The molecule has 4 heterocycles. The van der Waals surface area contributed by atoms with E-state index in [-0.39, 0.29) is 17.9 Å². The third kappa shape index (κ3) is 4.55. The Kier molecular flexibility index (Phi) is 5.73. The molecule has 4 aromatic heterocycles. The van der Waals surface area contributed by atoms with Crippen molar-refractivity contribution in [1.82, 2.24) is 35.6 Å². The molecule has 5 rings (SSSR count). The first-order chi connectivity index (χ1) is 16.2. The van der Waals surface area contributed by atoms with Crippen LogP contribution in [0.4, 0.5) is 4.39 Å². The number of benzene rings is 1. The number of rotatable bonds is 8. The van der Waals surface area contributed by atoms with Crippen LogP contribution in [0.15, 0.2) is 59.5 Å². The molecule has 0 fully saturated rings. The quantitative estimate of drug-likeness (QED) is 0.314. The standard InChI is InChI=1S/C23H20FN7O2/c24-15-5-3-8-26-17(15)10-28-23(32)19-13-33-21(30-19)7-9-25-12-20-29-18-11-27-16-6-2-1-4-14(16)22(18)31-20/h1-6,8,11,13,25H,7,9-10,12H2,(H,28,32)(H,29,31). The first kappa shape index (κ1) is 20.7. The summed E-state index contributed by atoms with van der Waals surface area (Å²) in [7, 11) is 0. The van der Waals surface area contributed by atoms with Gasteiger partial charge in [-0.1, -0.05) is 18.2 Å². The molecule has 5 aromatic rings. The summed E-state index contributed by atoms with van der Waals surface area (Å²) in [6.07, 6.45) is 5.04. The average Bonchev–Trinajstić information content (AvgIpc) is 3.48. The number of pyridine rings is 2. The van der Waals surface area contributed by atoms with Gasteiger partial charge in [-0.15, -0.1) is 0 Å². The highest BCUT2D eigenvalue weighted by Crippen LogP contribution is 2.21. The minimum absolute atomic E-state index is 0.0302. The monoisotopic (exact) mass is 445 g/mol. The molecule has 0 aliphatic carbocycles. The molecule has 0 atom stereocenters. The van der Waals surface area contributed by atoms with Crippen LogP contribution in [0.3, 0.4) is 0 Å². The van der Waals surface area contributed by atoms with Gasteiger partial charge >= 0.3 is 0 Å². The molecule has 3 N–H and O–H groups in total. The Morgan fingerprint density at radius 1 is 1.09 bits per heavy atom. The molecule has 166 valence electrons. The van der Waals surface area contributed by atoms with Gasteiger partial charge in [-0.2, -0.15) is 0 Å². The number of hydrogen-bond acceptors (Lipinski definition) is 7. The number of carbonyl (C=O) groups excluding carboxylic acids is 1. The summed E-state index contributed by atoms with van der Waals surface area (Å²) >= 11 is 0. The smallest absolute Gasteiger partial charge is 0.273 e. The van der Waals surface area contributed by atoms with Gasteiger partial charge in [0.05, 0.1) is 41.5 Å². The van der Waals surface area contributed by atoms with Crippen molar-refractivity contribution in [1.29, 1.82) is 0 Å².